The Bertz CT molecular complexity index is 522. The summed E-state index contributed by atoms with van der Waals surface area (Å²) in [6, 6.07) is 12.5. The first-order chi connectivity index (χ1) is 8.27. The van der Waals surface area contributed by atoms with Gasteiger partial charge in [0, 0.05) is 18.8 Å². The van der Waals surface area contributed by atoms with Crippen LogP contribution in [0.15, 0.2) is 53.5 Å². The van der Waals surface area contributed by atoms with Crippen molar-refractivity contribution in [2.75, 3.05) is 0 Å². The third-order valence-corrected chi connectivity index (χ3v) is 2.58. The maximum atomic E-state index is 11.4. The molecule has 0 aliphatic rings. The summed E-state index contributed by atoms with van der Waals surface area (Å²) < 4.78 is 1.35. The van der Waals surface area contributed by atoms with Gasteiger partial charge in [0.25, 0.3) is 5.56 Å². The van der Waals surface area contributed by atoms with Crippen molar-refractivity contribution in [3.8, 4) is 0 Å². The van der Waals surface area contributed by atoms with E-state index in [1.54, 1.807) is 12.3 Å². The van der Waals surface area contributed by atoms with Crippen molar-refractivity contribution < 1.29 is 5.11 Å². The minimum Gasteiger partial charge on any atom is -0.388 e. The summed E-state index contributed by atoms with van der Waals surface area (Å²) in [5.74, 6) is 0. The second-order valence-corrected chi connectivity index (χ2v) is 3.80. The predicted octanol–water partition coefficient (Wildman–Crippen LogP) is 1.37. The van der Waals surface area contributed by atoms with Crippen molar-refractivity contribution in [1.82, 2.24) is 9.78 Å². The third kappa shape index (κ3) is 3.01. The molecule has 2 rings (SSSR count). The van der Waals surface area contributed by atoms with Gasteiger partial charge in [-0.1, -0.05) is 30.3 Å². The van der Waals surface area contributed by atoms with E-state index >= 15 is 0 Å². The van der Waals surface area contributed by atoms with E-state index in [0.29, 0.717) is 13.0 Å². The molecule has 4 nitrogen and oxygen atoms in total. The zero-order chi connectivity index (χ0) is 12.1. The Balaban J connectivity index is 2.00. The summed E-state index contributed by atoms with van der Waals surface area (Å²) in [6.07, 6.45) is 1.47. The number of hydrogen-bond acceptors (Lipinski definition) is 3. The topological polar surface area (TPSA) is 55.1 Å². The molecule has 0 bridgehead atoms. The van der Waals surface area contributed by atoms with E-state index < -0.39 is 6.10 Å². The molecule has 2 aromatic rings. The fraction of sp³-hybridized carbons (Fsp3) is 0.231. The van der Waals surface area contributed by atoms with E-state index in [2.05, 4.69) is 5.10 Å². The minimum atomic E-state index is -0.565. The van der Waals surface area contributed by atoms with Crippen LogP contribution in [0.25, 0.3) is 0 Å². The highest BCUT2D eigenvalue weighted by Gasteiger charge is 2.07. The van der Waals surface area contributed by atoms with Crippen LogP contribution in [-0.4, -0.2) is 14.9 Å². The van der Waals surface area contributed by atoms with Gasteiger partial charge in [-0.25, -0.2) is 4.68 Å². The average molecular weight is 230 g/mol. The van der Waals surface area contributed by atoms with Crippen LogP contribution in [0.4, 0.5) is 0 Å². The highest BCUT2D eigenvalue weighted by Crippen LogP contribution is 2.15. The van der Waals surface area contributed by atoms with Gasteiger partial charge in [0.2, 0.25) is 0 Å². The van der Waals surface area contributed by atoms with E-state index in [1.807, 2.05) is 30.3 Å². The monoisotopic (exact) mass is 230 g/mol. The van der Waals surface area contributed by atoms with Crippen LogP contribution in [0.3, 0.4) is 0 Å². The first-order valence-corrected chi connectivity index (χ1v) is 5.52. The molecule has 1 atom stereocenters. The zero-order valence-corrected chi connectivity index (χ0v) is 9.36. The number of hydrogen-bond donors (Lipinski definition) is 1. The predicted molar refractivity (Wildman–Crippen MR) is 64.5 cm³/mol. The van der Waals surface area contributed by atoms with Crippen molar-refractivity contribution >= 4 is 0 Å². The Kier molecular flexibility index (Phi) is 3.67. The fourth-order valence-electron chi connectivity index (χ4n) is 1.64. The molecule has 0 radical (unpaired) electrons. The Labute approximate surface area is 99.2 Å². The average Bonchev–Trinajstić information content (AvgIpc) is 2.38. The molecule has 0 amide bonds. The number of aliphatic hydroxyl groups is 1. The molecular weight excluding hydrogens is 216 g/mol. The van der Waals surface area contributed by atoms with Crippen LogP contribution >= 0.6 is 0 Å². The van der Waals surface area contributed by atoms with Crippen molar-refractivity contribution in [2.24, 2.45) is 0 Å². The van der Waals surface area contributed by atoms with Gasteiger partial charge in [-0.3, -0.25) is 4.79 Å². The van der Waals surface area contributed by atoms with Crippen LogP contribution < -0.4 is 5.56 Å². The van der Waals surface area contributed by atoms with Crippen molar-refractivity contribution in [3.63, 3.8) is 0 Å². The number of aromatic nitrogens is 2. The van der Waals surface area contributed by atoms with E-state index in [4.69, 9.17) is 0 Å². The lowest BCUT2D eigenvalue weighted by Crippen LogP contribution is -2.22. The van der Waals surface area contributed by atoms with E-state index in [-0.39, 0.29) is 5.56 Å². The van der Waals surface area contributed by atoms with Crippen LogP contribution in [0.1, 0.15) is 18.1 Å². The highest BCUT2D eigenvalue weighted by molar-refractivity contribution is 5.16. The van der Waals surface area contributed by atoms with E-state index in [0.717, 1.165) is 5.56 Å². The van der Waals surface area contributed by atoms with E-state index in [9.17, 15) is 9.90 Å². The maximum Gasteiger partial charge on any atom is 0.266 e. The lowest BCUT2D eigenvalue weighted by Gasteiger charge is -2.11. The summed E-state index contributed by atoms with van der Waals surface area (Å²) in [7, 11) is 0. The van der Waals surface area contributed by atoms with Crippen molar-refractivity contribution in [3.05, 3.63) is 64.6 Å². The molecule has 0 saturated carbocycles. The van der Waals surface area contributed by atoms with Crippen molar-refractivity contribution in [2.45, 2.75) is 19.1 Å². The number of nitrogens with zero attached hydrogens (tertiary/aromatic N) is 2. The molecule has 0 aliphatic carbocycles. The lowest BCUT2D eigenvalue weighted by atomic mass is 10.1. The number of aryl methyl sites for hydroxylation is 1. The normalized spacial score (nSPS) is 12.3. The molecule has 1 N–H and O–H groups in total. The second-order valence-electron chi connectivity index (χ2n) is 3.80. The first kappa shape index (κ1) is 11.5. The standard InChI is InChI=1S/C13H14N2O2/c16-12(11-5-2-1-3-6-11)8-10-15-13(17)7-4-9-14-15/h1-7,9,12,16H,8,10H2. The van der Waals surface area contributed by atoms with Gasteiger partial charge in [-0.05, 0) is 18.1 Å². The number of aliphatic hydroxyl groups excluding tert-OH is 1. The molecule has 4 heteroatoms. The van der Waals surface area contributed by atoms with Gasteiger partial charge in [0.05, 0.1) is 6.10 Å². The van der Waals surface area contributed by atoms with Crippen LogP contribution in [0, 0.1) is 0 Å². The Morgan fingerprint density at radius 2 is 1.94 bits per heavy atom. The Hall–Kier alpha value is -1.94. The molecular formula is C13H14N2O2. The maximum absolute atomic E-state index is 11.4. The summed E-state index contributed by atoms with van der Waals surface area (Å²) in [5, 5.41) is 13.9. The van der Waals surface area contributed by atoms with Crippen molar-refractivity contribution in [1.29, 1.82) is 0 Å². The molecule has 1 aromatic heterocycles. The largest absolute Gasteiger partial charge is 0.388 e. The molecule has 1 unspecified atom stereocenters. The van der Waals surface area contributed by atoms with Crippen LogP contribution in [-0.2, 0) is 6.54 Å². The molecule has 17 heavy (non-hydrogen) atoms. The SMILES string of the molecule is O=c1cccnn1CCC(O)c1ccccc1. The van der Waals surface area contributed by atoms with Gasteiger partial charge >= 0.3 is 0 Å². The third-order valence-electron chi connectivity index (χ3n) is 2.58. The van der Waals surface area contributed by atoms with Crippen LogP contribution in [0.2, 0.25) is 0 Å². The summed E-state index contributed by atoms with van der Waals surface area (Å²) in [6.45, 7) is 0.412. The van der Waals surface area contributed by atoms with Gasteiger partial charge < -0.3 is 5.11 Å². The summed E-state index contributed by atoms with van der Waals surface area (Å²) >= 11 is 0. The van der Waals surface area contributed by atoms with Gasteiger partial charge in [-0.15, -0.1) is 0 Å². The smallest absolute Gasteiger partial charge is 0.266 e. The molecule has 0 aliphatic heterocycles. The molecule has 1 heterocycles. The quantitative estimate of drug-likeness (QED) is 0.863. The molecule has 0 fully saturated rings. The Morgan fingerprint density at radius 3 is 2.65 bits per heavy atom. The number of rotatable bonds is 4. The van der Waals surface area contributed by atoms with E-state index in [1.165, 1.54) is 10.7 Å². The fourth-order valence-corrected chi connectivity index (χ4v) is 1.64. The summed E-state index contributed by atoms with van der Waals surface area (Å²) in [4.78, 5) is 11.4. The Morgan fingerprint density at radius 1 is 1.18 bits per heavy atom. The summed E-state index contributed by atoms with van der Waals surface area (Å²) in [5.41, 5.74) is 0.712. The minimum absolute atomic E-state index is 0.146. The molecule has 0 saturated heterocycles. The number of benzene rings is 1. The first-order valence-electron chi connectivity index (χ1n) is 5.52. The molecule has 88 valence electrons. The highest BCUT2D eigenvalue weighted by atomic mass is 16.3. The van der Waals surface area contributed by atoms with Crippen LogP contribution in [0.5, 0.6) is 0 Å². The van der Waals surface area contributed by atoms with Gasteiger partial charge in [0.1, 0.15) is 0 Å². The molecule has 0 spiro atoms. The lowest BCUT2D eigenvalue weighted by molar-refractivity contribution is 0.158. The van der Waals surface area contributed by atoms with Gasteiger partial charge in [0.15, 0.2) is 0 Å². The molecule has 1 aromatic carbocycles. The zero-order valence-electron chi connectivity index (χ0n) is 9.36. The van der Waals surface area contributed by atoms with Gasteiger partial charge in [-0.2, -0.15) is 5.10 Å². The second kappa shape index (κ2) is 5.41.